The van der Waals surface area contributed by atoms with Gasteiger partial charge in [-0.1, -0.05) is 27.7 Å². The molecule has 2 rings (SSSR count). The normalized spacial score (nSPS) is 11.2. The van der Waals surface area contributed by atoms with Gasteiger partial charge in [0.05, 0.1) is 13.2 Å². The monoisotopic (exact) mass is 416 g/mol. The van der Waals surface area contributed by atoms with Gasteiger partial charge in [0.1, 0.15) is 11.5 Å². The van der Waals surface area contributed by atoms with E-state index in [2.05, 4.69) is 52.0 Å². The Hall–Kier alpha value is -1.67. The van der Waals surface area contributed by atoms with E-state index in [4.69, 9.17) is 21.1 Å². The van der Waals surface area contributed by atoms with Crippen LogP contribution < -0.4 is 9.47 Å². The summed E-state index contributed by atoms with van der Waals surface area (Å²) in [5, 5.41) is 0. The average molecular weight is 417 g/mol. The maximum absolute atomic E-state index is 6.69. The Morgan fingerprint density at radius 3 is 1.14 bits per heavy atom. The van der Waals surface area contributed by atoms with Crippen molar-refractivity contribution < 1.29 is 9.47 Å². The molecule has 2 aromatic carbocycles. The number of aryl methyl sites for hydroxylation is 4. The zero-order chi connectivity index (χ0) is 21.4. The predicted octanol–water partition coefficient (Wildman–Crippen LogP) is 7.10. The lowest BCUT2D eigenvalue weighted by Crippen LogP contribution is -2.15. The standard InChI is InChI=1S/C26H37ClO2/c1-7-18-13-22(28-11-5)14-19(8-2)25(18)24(17-27)26-20(9-3)15-23(29-12-6)16-21(26)10-4/h13-16,24H,7-12,17H2,1-6H3. The average Bonchev–Trinajstić information content (AvgIpc) is 2.75. The molecule has 29 heavy (non-hydrogen) atoms. The minimum atomic E-state index is 0.179. The van der Waals surface area contributed by atoms with E-state index < -0.39 is 0 Å². The van der Waals surface area contributed by atoms with Crippen molar-refractivity contribution in [2.45, 2.75) is 73.1 Å². The van der Waals surface area contributed by atoms with Gasteiger partial charge in [-0.2, -0.15) is 0 Å². The highest BCUT2D eigenvalue weighted by atomic mass is 35.5. The summed E-state index contributed by atoms with van der Waals surface area (Å²) in [4.78, 5) is 0. The molecule has 0 spiro atoms. The van der Waals surface area contributed by atoms with Crippen LogP contribution >= 0.6 is 11.6 Å². The molecule has 0 N–H and O–H groups in total. The fraction of sp³-hybridized carbons (Fsp3) is 0.538. The number of halogens is 1. The summed E-state index contributed by atoms with van der Waals surface area (Å²) in [7, 11) is 0. The van der Waals surface area contributed by atoms with Gasteiger partial charge < -0.3 is 9.47 Å². The Morgan fingerprint density at radius 1 is 0.621 bits per heavy atom. The lowest BCUT2D eigenvalue weighted by Gasteiger charge is -2.27. The lowest BCUT2D eigenvalue weighted by molar-refractivity contribution is 0.339. The van der Waals surface area contributed by atoms with E-state index in [9.17, 15) is 0 Å². The van der Waals surface area contributed by atoms with Gasteiger partial charge in [0.25, 0.3) is 0 Å². The molecule has 0 atom stereocenters. The molecule has 160 valence electrons. The van der Waals surface area contributed by atoms with Crippen LogP contribution in [0.2, 0.25) is 0 Å². The Kier molecular flexibility index (Phi) is 9.36. The van der Waals surface area contributed by atoms with Crippen molar-refractivity contribution in [3.05, 3.63) is 57.6 Å². The molecule has 0 saturated heterocycles. The quantitative estimate of drug-likeness (QED) is 0.363. The molecular formula is C26H37ClO2. The molecule has 2 nitrogen and oxygen atoms in total. The molecule has 0 aliphatic rings. The largest absolute Gasteiger partial charge is 0.494 e. The zero-order valence-corrected chi connectivity index (χ0v) is 19.8. The van der Waals surface area contributed by atoms with Crippen LogP contribution in [0.15, 0.2) is 24.3 Å². The third-order valence-corrected chi connectivity index (χ3v) is 5.96. The molecule has 0 unspecified atom stereocenters. The maximum Gasteiger partial charge on any atom is 0.119 e. The van der Waals surface area contributed by atoms with Crippen LogP contribution in [0.5, 0.6) is 11.5 Å². The highest BCUT2D eigenvalue weighted by Gasteiger charge is 2.25. The van der Waals surface area contributed by atoms with Gasteiger partial charge in [-0.25, -0.2) is 0 Å². The molecule has 0 aliphatic carbocycles. The first-order valence-electron chi connectivity index (χ1n) is 11.2. The van der Waals surface area contributed by atoms with E-state index >= 15 is 0 Å². The molecule has 0 radical (unpaired) electrons. The van der Waals surface area contributed by atoms with E-state index in [0.717, 1.165) is 37.2 Å². The number of alkyl halides is 1. The second-order valence-electron chi connectivity index (χ2n) is 7.30. The fourth-order valence-corrected chi connectivity index (χ4v) is 4.67. The topological polar surface area (TPSA) is 18.5 Å². The predicted molar refractivity (Wildman–Crippen MR) is 125 cm³/mol. The van der Waals surface area contributed by atoms with Crippen molar-refractivity contribution in [3.8, 4) is 11.5 Å². The second kappa shape index (κ2) is 11.5. The SMILES string of the molecule is CCOc1cc(CC)c(C(CCl)c2c(CC)cc(OCC)cc2CC)c(CC)c1. The van der Waals surface area contributed by atoms with E-state index in [1.54, 1.807) is 0 Å². The molecular weight excluding hydrogens is 380 g/mol. The van der Waals surface area contributed by atoms with Gasteiger partial charge in [0, 0.05) is 11.8 Å². The van der Waals surface area contributed by atoms with Gasteiger partial charge >= 0.3 is 0 Å². The molecule has 0 fully saturated rings. The summed E-state index contributed by atoms with van der Waals surface area (Å²) in [6.07, 6.45) is 3.88. The summed E-state index contributed by atoms with van der Waals surface area (Å²) in [5.74, 6) is 2.69. The molecule has 0 aromatic heterocycles. The van der Waals surface area contributed by atoms with Crippen LogP contribution in [-0.2, 0) is 25.7 Å². The summed E-state index contributed by atoms with van der Waals surface area (Å²) in [6.45, 7) is 14.3. The van der Waals surface area contributed by atoms with Crippen molar-refractivity contribution in [2.75, 3.05) is 19.1 Å². The molecule has 0 saturated carbocycles. The van der Waals surface area contributed by atoms with Crippen LogP contribution in [0.25, 0.3) is 0 Å². The van der Waals surface area contributed by atoms with Crippen molar-refractivity contribution in [1.29, 1.82) is 0 Å². The first kappa shape index (κ1) is 23.6. The Bertz CT molecular complexity index is 682. The minimum absolute atomic E-state index is 0.179. The van der Waals surface area contributed by atoms with Gasteiger partial charge in [-0.05, 0) is 97.2 Å². The molecule has 0 heterocycles. The smallest absolute Gasteiger partial charge is 0.119 e. The van der Waals surface area contributed by atoms with Crippen molar-refractivity contribution >= 4 is 11.6 Å². The van der Waals surface area contributed by atoms with Gasteiger partial charge in [-0.15, -0.1) is 11.6 Å². The van der Waals surface area contributed by atoms with Crippen molar-refractivity contribution in [2.24, 2.45) is 0 Å². The number of rotatable bonds is 11. The number of benzene rings is 2. The van der Waals surface area contributed by atoms with Crippen molar-refractivity contribution in [3.63, 3.8) is 0 Å². The van der Waals surface area contributed by atoms with E-state index in [1.165, 1.54) is 33.4 Å². The van der Waals surface area contributed by atoms with E-state index in [1.807, 2.05) is 13.8 Å². The summed E-state index contributed by atoms with van der Waals surface area (Å²) < 4.78 is 11.7. The summed E-state index contributed by atoms with van der Waals surface area (Å²) in [5.41, 5.74) is 8.16. The third-order valence-electron chi connectivity index (χ3n) is 5.65. The number of hydrogen-bond acceptors (Lipinski definition) is 2. The summed E-state index contributed by atoms with van der Waals surface area (Å²) in [6, 6.07) is 8.85. The molecule has 0 amide bonds. The van der Waals surface area contributed by atoms with Gasteiger partial charge in [0.15, 0.2) is 0 Å². The van der Waals surface area contributed by atoms with Crippen molar-refractivity contribution in [1.82, 2.24) is 0 Å². The second-order valence-corrected chi connectivity index (χ2v) is 7.61. The van der Waals surface area contributed by atoms with Gasteiger partial charge in [0.2, 0.25) is 0 Å². The maximum atomic E-state index is 6.69. The van der Waals surface area contributed by atoms with E-state index in [-0.39, 0.29) is 5.92 Å². The molecule has 2 aromatic rings. The highest BCUT2D eigenvalue weighted by molar-refractivity contribution is 6.18. The van der Waals surface area contributed by atoms with Crippen LogP contribution in [0, 0.1) is 0 Å². The Morgan fingerprint density at radius 2 is 0.931 bits per heavy atom. The highest BCUT2D eigenvalue weighted by Crippen LogP contribution is 2.39. The third kappa shape index (κ3) is 5.28. The molecule has 0 aliphatic heterocycles. The minimum Gasteiger partial charge on any atom is -0.494 e. The van der Waals surface area contributed by atoms with Crippen LogP contribution in [0.4, 0.5) is 0 Å². The first-order valence-corrected chi connectivity index (χ1v) is 11.7. The number of ether oxygens (including phenoxy) is 2. The zero-order valence-electron chi connectivity index (χ0n) is 19.0. The van der Waals surface area contributed by atoms with Gasteiger partial charge in [-0.3, -0.25) is 0 Å². The molecule has 3 heteroatoms. The molecule has 0 bridgehead atoms. The number of hydrogen-bond donors (Lipinski definition) is 0. The lowest BCUT2D eigenvalue weighted by atomic mass is 9.79. The van der Waals surface area contributed by atoms with Crippen LogP contribution in [0.1, 0.15) is 80.8 Å². The first-order chi connectivity index (χ1) is 14.1. The Labute approximate surface area is 182 Å². The van der Waals surface area contributed by atoms with E-state index in [0.29, 0.717) is 19.1 Å². The Balaban J connectivity index is 2.73. The fourth-order valence-electron chi connectivity index (χ4n) is 4.36. The van der Waals surface area contributed by atoms with Crippen LogP contribution in [0.3, 0.4) is 0 Å². The van der Waals surface area contributed by atoms with Crippen LogP contribution in [-0.4, -0.2) is 19.1 Å². The summed E-state index contributed by atoms with van der Waals surface area (Å²) >= 11 is 6.69.